The highest BCUT2D eigenvalue weighted by atomic mass is 14.1. The lowest BCUT2D eigenvalue weighted by molar-refractivity contribution is 0.439. The van der Waals surface area contributed by atoms with E-state index in [-0.39, 0.29) is 0 Å². The van der Waals surface area contributed by atoms with Gasteiger partial charge in [-0.05, 0) is 96.9 Å². The van der Waals surface area contributed by atoms with Gasteiger partial charge in [-0.25, -0.2) is 0 Å². The molecule has 0 aromatic heterocycles. The molecule has 1 aliphatic rings. The highest BCUT2D eigenvalue weighted by molar-refractivity contribution is 5.43. The molecule has 0 nitrogen and oxygen atoms in total. The Bertz CT molecular complexity index is 942. The van der Waals surface area contributed by atoms with Crippen molar-refractivity contribution in [3.05, 3.63) is 120 Å². The third kappa shape index (κ3) is 36.1. The molecule has 0 atom stereocenters. The fraction of sp³-hybridized carbons (Fsp3) is 0.574. The van der Waals surface area contributed by atoms with Crippen molar-refractivity contribution in [2.24, 2.45) is 5.92 Å². The van der Waals surface area contributed by atoms with Gasteiger partial charge in [0, 0.05) is 0 Å². The van der Waals surface area contributed by atoms with E-state index in [0.717, 1.165) is 33.8 Å². The minimum atomic E-state index is 0.852. The van der Waals surface area contributed by atoms with Crippen LogP contribution in [0.2, 0.25) is 0 Å². The molecule has 272 valence electrons. The molecule has 0 unspecified atom stereocenters. The van der Waals surface area contributed by atoms with Crippen molar-refractivity contribution in [3.63, 3.8) is 0 Å². The molecule has 1 aliphatic carbocycles. The molecule has 0 N–H and O–H groups in total. The molecule has 47 heavy (non-hydrogen) atoms. The topological polar surface area (TPSA) is 0 Å². The number of rotatable bonds is 13. The maximum absolute atomic E-state index is 4.00. The fourth-order valence-electron chi connectivity index (χ4n) is 4.57. The van der Waals surface area contributed by atoms with Crippen LogP contribution in [0.3, 0.4) is 0 Å². The van der Waals surface area contributed by atoms with Crippen molar-refractivity contribution in [1.29, 1.82) is 0 Å². The smallest absolute Gasteiger partial charge is 0.0210 e. The fourth-order valence-corrected chi connectivity index (χ4v) is 4.57. The Morgan fingerprint density at radius 3 is 1.21 bits per heavy atom. The molecular formula is C47H84. The van der Waals surface area contributed by atoms with Crippen molar-refractivity contribution < 1.29 is 0 Å². The van der Waals surface area contributed by atoms with E-state index in [0.29, 0.717) is 0 Å². The Labute approximate surface area is 299 Å². The van der Waals surface area contributed by atoms with Crippen LogP contribution >= 0.6 is 0 Å². The average Bonchev–Trinajstić information content (AvgIpc) is 3.07. The molecule has 0 saturated heterocycles. The Balaban J connectivity index is -0.000000170. The summed E-state index contributed by atoms with van der Waals surface area (Å²) < 4.78 is 0. The van der Waals surface area contributed by atoms with Crippen LogP contribution in [-0.4, -0.2) is 0 Å². The molecule has 0 heteroatoms. The standard InChI is InChI=1S/C17H30.C11H16.C9H14.C6H12.2C2H6/c1-7-10-17(11-8-2)13-16(9-3)12-15(6)14(4)5;1-6-7-8-11(9(2)3)10(4)5;1-6-8(4)9(5)7(2)3;1-2-4-6-5-3-1;2*1-2/h9,12,17H,4,7-8,10-11,13H2,1-3,5-6H3;6-8H,2,4H2,1,3,5H3;6H,2,5H2,1,3-4H3;1-6H2;2*1-2H3/b15-12-,16-9+;7-6-;8-6-;;;. The maximum Gasteiger partial charge on any atom is -0.0210 e. The SMILES string of the molecule is C1CCCCC1.C=C(C)/C(C)=C\C(=C/C)CC(CCC)CCC.C=C(C)C(=C)/C(C)=C\C.C=C(C)C(=C/C=C\C)C(=C)C.CC.CC. The number of hydrogen-bond donors (Lipinski definition) is 0. The van der Waals surface area contributed by atoms with E-state index in [1.165, 1.54) is 92.9 Å². The van der Waals surface area contributed by atoms with Gasteiger partial charge in [-0.3, -0.25) is 0 Å². The molecule has 0 aliphatic heterocycles. The summed E-state index contributed by atoms with van der Waals surface area (Å²) in [6.07, 6.45) is 28.1. The van der Waals surface area contributed by atoms with Crippen LogP contribution in [0.25, 0.3) is 0 Å². The van der Waals surface area contributed by atoms with Crippen molar-refractivity contribution >= 4 is 0 Å². The summed E-state index contributed by atoms with van der Waals surface area (Å²) in [6, 6.07) is 0. The Morgan fingerprint density at radius 2 is 0.979 bits per heavy atom. The summed E-state index contributed by atoms with van der Waals surface area (Å²) in [4.78, 5) is 0. The predicted molar refractivity (Wildman–Crippen MR) is 227 cm³/mol. The van der Waals surface area contributed by atoms with Gasteiger partial charge in [0.05, 0.1) is 0 Å². The van der Waals surface area contributed by atoms with Crippen LogP contribution in [0.5, 0.6) is 0 Å². The first-order valence-corrected chi connectivity index (χ1v) is 18.9. The molecule has 0 amide bonds. The first-order valence-electron chi connectivity index (χ1n) is 18.9. The average molecular weight is 649 g/mol. The van der Waals surface area contributed by atoms with Crippen LogP contribution in [-0.2, 0) is 0 Å². The van der Waals surface area contributed by atoms with Gasteiger partial charge in [0.1, 0.15) is 0 Å². The van der Waals surface area contributed by atoms with E-state index in [2.05, 4.69) is 79.7 Å². The third-order valence-electron chi connectivity index (χ3n) is 7.66. The van der Waals surface area contributed by atoms with Crippen LogP contribution in [0, 0.1) is 5.92 Å². The lowest BCUT2D eigenvalue weighted by Gasteiger charge is -2.16. The summed E-state index contributed by atoms with van der Waals surface area (Å²) in [7, 11) is 0. The Hall–Kier alpha value is -2.60. The van der Waals surface area contributed by atoms with E-state index in [9.17, 15) is 0 Å². The largest absolute Gasteiger partial charge is 0.0958 e. The molecule has 1 saturated carbocycles. The van der Waals surface area contributed by atoms with Gasteiger partial charge in [0.25, 0.3) is 0 Å². The zero-order chi connectivity index (χ0) is 37.8. The van der Waals surface area contributed by atoms with Gasteiger partial charge in [-0.15, -0.1) is 0 Å². The van der Waals surface area contributed by atoms with E-state index in [4.69, 9.17) is 0 Å². The molecular weight excluding hydrogens is 565 g/mol. The first kappa shape index (κ1) is 53.9. The predicted octanol–water partition coefficient (Wildman–Crippen LogP) is 17.2. The van der Waals surface area contributed by atoms with Crippen LogP contribution in [0.1, 0.15) is 174 Å². The highest BCUT2D eigenvalue weighted by Gasteiger charge is 2.08. The molecule has 0 aromatic rings. The molecule has 0 bridgehead atoms. The van der Waals surface area contributed by atoms with E-state index in [1.54, 1.807) is 0 Å². The third-order valence-corrected chi connectivity index (χ3v) is 7.66. The normalized spacial score (nSPS) is 12.6. The Kier molecular flexibility index (Phi) is 45.4. The Morgan fingerprint density at radius 1 is 0.574 bits per heavy atom. The minimum Gasteiger partial charge on any atom is -0.0958 e. The summed E-state index contributed by atoms with van der Waals surface area (Å²) in [6.45, 7) is 50.3. The highest BCUT2D eigenvalue weighted by Crippen LogP contribution is 2.24. The van der Waals surface area contributed by atoms with Crippen molar-refractivity contribution in [2.45, 2.75) is 174 Å². The minimum absolute atomic E-state index is 0.852. The van der Waals surface area contributed by atoms with E-state index < -0.39 is 0 Å². The number of hydrogen-bond acceptors (Lipinski definition) is 0. The second kappa shape index (κ2) is 39.6. The van der Waals surface area contributed by atoms with Crippen molar-refractivity contribution in [1.82, 2.24) is 0 Å². The second-order valence-electron chi connectivity index (χ2n) is 12.1. The molecule has 1 rings (SSSR count). The maximum atomic E-state index is 4.00. The quantitative estimate of drug-likeness (QED) is 0.174. The summed E-state index contributed by atoms with van der Waals surface area (Å²) in [5.74, 6) is 0.852. The summed E-state index contributed by atoms with van der Waals surface area (Å²) in [5.41, 5.74) is 10.5. The second-order valence-corrected chi connectivity index (χ2v) is 12.1. The zero-order valence-electron chi connectivity index (χ0n) is 34.9. The molecule has 0 spiro atoms. The van der Waals surface area contributed by atoms with Crippen LogP contribution < -0.4 is 0 Å². The van der Waals surface area contributed by atoms with Crippen molar-refractivity contribution in [3.8, 4) is 0 Å². The van der Waals surface area contributed by atoms with E-state index >= 15 is 0 Å². The van der Waals surface area contributed by atoms with Gasteiger partial charge in [0.2, 0.25) is 0 Å². The van der Waals surface area contributed by atoms with Gasteiger partial charge in [0.15, 0.2) is 0 Å². The molecule has 0 aromatic carbocycles. The van der Waals surface area contributed by atoms with Crippen molar-refractivity contribution in [2.75, 3.05) is 0 Å². The summed E-state index contributed by atoms with van der Waals surface area (Å²) in [5, 5.41) is 0. The summed E-state index contributed by atoms with van der Waals surface area (Å²) >= 11 is 0. The van der Waals surface area contributed by atoms with Gasteiger partial charge < -0.3 is 0 Å². The molecule has 0 radical (unpaired) electrons. The van der Waals surface area contributed by atoms with Crippen LogP contribution in [0.4, 0.5) is 0 Å². The van der Waals surface area contributed by atoms with Crippen LogP contribution in [0.15, 0.2) is 120 Å². The molecule has 1 fully saturated rings. The zero-order valence-corrected chi connectivity index (χ0v) is 34.9. The van der Waals surface area contributed by atoms with Gasteiger partial charge in [-0.1, -0.05) is 203 Å². The monoisotopic (exact) mass is 649 g/mol. The lowest BCUT2D eigenvalue weighted by Crippen LogP contribution is -2.01. The van der Waals surface area contributed by atoms with E-state index in [1.807, 2.05) is 93.5 Å². The molecule has 0 heterocycles. The van der Waals surface area contributed by atoms with Gasteiger partial charge >= 0.3 is 0 Å². The lowest BCUT2D eigenvalue weighted by atomic mass is 9.90. The number of allylic oxidation sites excluding steroid dienone is 15. The van der Waals surface area contributed by atoms with Gasteiger partial charge in [-0.2, -0.15) is 0 Å². The first-order chi connectivity index (χ1) is 22.2.